The van der Waals surface area contributed by atoms with Crippen molar-refractivity contribution in [2.75, 3.05) is 20.3 Å². The van der Waals surface area contributed by atoms with E-state index in [-0.39, 0.29) is 35.9 Å². The van der Waals surface area contributed by atoms with Crippen molar-refractivity contribution in [2.24, 2.45) is 0 Å². The predicted octanol–water partition coefficient (Wildman–Crippen LogP) is 2.10. The zero-order valence-electron chi connectivity index (χ0n) is 18.5. The number of hydrogen-bond donors (Lipinski definition) is 1. The first-order valence-corrected chi connectivity index (χ1v) is 10.5. The second kappa shape index (κ2) is 8.95. The number of hydrogen-bond acceptors (Lipinski definition) is 4. The molecule has 1 aromatic carbocycles. The molecule has 0 spiro atoms. The number of nitrogens with one attached hydrogen (secondary N) is 1. The van der Waals surface area contributed by atoms with Crippen molar-refractivity contribution in [2.45, 2.75) is 19.8 Å². The number of ether oxygens (including phenoxy) is 1. The van der Waals surface area contributed by atoms with E-state index in [0.29, 0.717) is 11.4 Å². The van der Waals surface area contributed by atoms with Crippen molar-refractivity contribution >= 4 is 23.1 Å². The Morgan fingerprint density at radius 2 is 1.70 bits per heavy atom. The minimum Gasteiger partial charge on any atom is -0.383 e. The molecular weight excluding hydrogens is 427 g/mol. The smallest absolute Gasteiger partial charge is 0.326 e. The van der Waals surface area contributed by atoms with Crippen LogP contribution in [0.2, 0.25) is 0 Å². The molecule has 33 heavy (non-hydrogen) atoms. The summed E-state index contributed by atoms with van der Waals surface area (Å²) >= 11 is 0. The van der Waals surface area contributed by atoms with Crippen LogP contribution in [0.1, 0.15) is 31.0 Å². The monoisotopic (exact) mass is 451 g/mol. The number of amides is 2. The highest BCUT2D eigenvalue weighted by atomic mass is 19.1. The van der Waals surface area contributed by atoms with Crippen LogP contribution in [0, 0.1) is 5.82 Å². The number of aromatic nitrogens is 3. The third-order valence-electron chi connectivity index (χ3n) is 5.47. The molecular formula is C24H24FN4O4+. The van der Waals surface area contributed by atoms with Crippen molar-refractivity contribution < 1.29 is 23.3 Å². The Bertz CT molecular complexity index is 1290. The summed E-state index contributed by atoms with van der Waals surface area (Å²) < 4.78 is 21.3. The predicted molar refractivity (Wildman–Crippen MR) is 119 cm³/mol. The van der Waals surface area contributed by atoms with Gasteiger partial charge in [0.15, 0.2) is 12.4 Å². The van der Waals surface area contributed by atoms with Crippen LogP contribution in [0.3, 0.4) is 0 Å². The first-order valence-electron chi connectivity index (χ1n) is 10.5. The summed E-state index contributed by atoms with van der Waals surface area (Å²) in [5.41, 5.74) is 0.669. The van der Waals surface area contributed by atoms with E-state index in [0.717, 1.165) is 4.90 Å². The lowest BCUT2D eigenvalue weighted by molar-refractivity contribution is -0.576. The lowest BCUT2D eigenvalue weighted by Gasteiger charge is -2.13. The van der Waals surface area contributed by atoms with Crippen molar-refractivity contribution in [3.63, 3.8) is 0 Å². The van der Waals surface area contributed by atoms with E-state index >= 15 is 0 Å². The second-order valence-electron chi connectivity index (χ2n) is 7.93. The fraction of sp³-hybridized carbons (Fsp3) is 0.250. The highest BCUT2D eigenvalue weighted by molar-refractivity contribution is 6.44. The molecule has 0 radical (unpaired) electrons. The number of nitrogens with zero attached hydrogens (tertiary/aromatic N) is 3. The van der Waals surface area contributed by atoms with E-state index in [9.17, 15) is 18.8 Å². The summed E-state index contributed by atoms with van der Waals surface area (Å²) in [6.07, 6.45) is 3.31. The molecule has 9 heteroatoms. The number of benzene rings is 1. The molecule has 2 amide bonds. The average Bonchev–Trinajstić information content (AvgIpc) is 3.27. The molecule has 1 aliphatic rings. The fourth-order valence-corrected chi connectivity index (χ4v) is 3.85. The van der Waals surface area contributed by atoms with Crippen LogP contribution < -0.4 is 10.1 Å². The van der Waals surface area contributed by atoms with Crippen molar-refractivity contribution in [3.8, 4) is 5.69 Å². The summed E-state index contributed by atoms with van der Waals surface area (Å²) in [5.74, 6) is -1.67. The summed E-state index contributed by atoms with van der Waals surface area (Å²) in [7, 11) is 1.48. The Kier molecular flexibility index (Phi) is 6.06. The standard InChI is InChI=1S/C24H23FN4O4/c1-15(2)20-18(23(31)29(26-20)17-9-7-16(25)8-10-17)19-21(27-11-5-4-6-12-27)24(32)28(22(19)30)13-14-33-3/h4-12,15H,13-14H2,1-3H3/p+1. The Balaban J connectivity index is 1.98. The number of rotatable bonds is 7. The number of H-pyrrole nitrogens is 1. The van der Waals surface area contributed by atoms with Crippen molar-refractivity contribution in [3.05, 3.63) is 82.3 Å². The highest BCUT2D eigenvalue weighted by Gasteiger charge is 2.47. The number of imide groups is 1. The Labute approximate surface area is 189 Å². The van der Waals surface area contributed by atoms with Gasteiger partial charge in [0.1, 0.15) is 11.4 Å². The van der Waals surface area contributed by atoms with Crippen LogP contribution >= 0.6 is 0 Å². The molecule has 170 valence electrons. The van der Waals surface area contributed by atoms with Crippen molar-refractivity contribution in [1.82, 2.24) is 14.7 Å². The molecule has 0 saturated carbocycles. The zero-order valence-corrected chi connectivity index (χ0v) is 18.5. The number of aromatic amines is 1. The number of carbonyl (C=O) groups excluding carboxylic acids is 2. The van der Waals surface area contributed by atoms with Crippen LogP contribution in [0.4, 0.5) is 4.39 Å². The quantitative estimate of drug-likeness (QED) is 0.440. The molecule has 0 atom stereocenters. The van der Waals surface area contributed by atoms with E-state index in [1.807, 2.05) is 13.8 Å². The first-order chi connectivity index (χ1) is 15.8. The highest BCUT2D eigenvalue weighted by Crippen LogP contribution is 2.32. The molecule has 3 aromatic rings. The summed E-state index contributed by atoms with van der Waals surface area (Å²) in [6, 6.07) is 10.7. The number of methoxy groups -OCH3 is 1. The lowest BCUT2D eigenvalue weighted by atomic mass is 9.98. The minimum atomic E-state index is -0.562. The molecule has 2 aromatic heterocycles. The molecule has 0 saturated heterocycles. The number of pyridine rings is 1. The summed E-state index contributed by atoms with van der Waals surface area (Å²) in [6.45, 7) is 3.98. The van der Waals surface area contributed by atoms with E-state index in [1.165, 1.54) is 36.1 Å². The molecule has 0 fully saturated rings. The number of halogens is 1. The Morgan fingerprint density at radius 1 is 1.03 bits per heavy atom. The van der Waals surface area contributed by atoms with Crippen LogP contribution in [-0.4, -0.2) is 46.8 Å². The van der Waals surface area contributed by atoms with Crippen LogP contribution in [0.15, 0.2) is 59.7 Å². The van der Waals surface area contributed by atoms with Gasteiger partial charge in [0.05, 0.1) is 24.4 Å². The largest absolute Gasteiger partial charge is 0.383 e. The van der Waals surface area contributed by atoms with E-state index < -0.39 is 23.2 Å². The second-order valence-corrected chi connectivity index (χ2v) is 7.93. The average molecular weight is 451 g/mol. The Morgan fingerprint density at radius 3 is 2.30 bits per heavy atom. The van der Waals surface area contributed by atoms with E-state index in [4.69, 9.17) is 4.74 Å². The van der Waals surface area contributed by atoms with Gasteiger partial charge in [-0.1, -0.05) is 19.9 Å². The molecule has 3 heterocycles. The van der Waals surface area contributed by atoms with Gasteiger partial charge >= 0.3 is 5.91 Å². The van der Waals surface area contributed by atoms with Gasteiger partial charge in [-0.2, -0.15) is 4.57 Å². The van der Waals surface area contributed by atoms with Crippen LogP contribution in [-0.2, 0) is 14.3 Å². The molecule has 8 nitrogen and oxygen atoms in total. The maximum atomic E-state index is 13.6. The third kappa shape index (κ3) is 3.91. The normalized spacial score (nSPS) is 14.2. The van der Waals surface area contributed by atoms with Gasteiger partial charge in [-0.15, -0.1) is 0 Å². The van der Waals surface area contributed by atoms with Gasteiger partial charge in [-0.3, -0.25) is 24.4 Å². The molecule has 1 aliphatic heterocycles. The summed E-state index contributed by atoms with van der Waals surface area (Å²) in [5, 5.41) is 3.06. The van der Waals surface area contributed by atoms with Gasteiger partial charge in [-0.25, -0.2) is 9.07 Å². The van der Waals surface area contributed by atoms with E-state index in [2.05, 4.69) is 5.10 Å². The maximum absolute atomic E-state index is 13.6. The van der Waals surface area contributed by atoms with Gasteiger partial charge in [-0.05, 0) is 30.2 Å². The first kappa shape index (κ1) is 22.3. The minimum absolute atomic E-state index is 0.0260. The van der Waals surface area contributed by atoms with Crippen molar-refractivity contribution in [1.29, 1.82) is 0 Å². The van der Waals surface area contributed by atoms with Gasteiger partial charge in [0.2, 0.25) is 0 Å². The van der Waals surface area contributed by atoms with E-state index in [1.54, 1.807) is 35.2 Å². The Hall–Kier alpha value is -3.85. The van der Waals surface area contributed by atoms with Crippen LogP contribution in [0.25, 0.3) is 17.0 Å². The molecule has 0 aliphatic carbocycles. The zero-order chi connectivity index (χ0) is 23.7. The molecule has 0 bridgehead atoms. The maximum Gasteiger partial charge on any atom is 0.326 e. The van der Waals surface area contributed by atoms with Gasteiger partial charge < -0.3 is 4.74 Å². The van der Waals surface area contributed by atoms with Gasteiger partial charge in [0.25, 0.3) is 17.2 Å². The molecule has 4 rings (SSSR count). The number of carbonyl (C=O) groups is 2. The third-order valence-corrected chi connectivity index (χ3v) is 5.47. The fourth-order valence-electron chi connectivity index (χ4n) is 3.85. The molecule has 0 unspecified atom stereocenters. The topological polar surface area (TPSA) is 88.3 Å². The lowest BCUT2D eigenvalue weighted by Crippen LogP contribution is -2.40. The SMILES string of the molecule is COCCN1C(=O)C(c2c(C(C)C)[nH]n(-c3ccc(F)cc3)c2=O)=C([n+]2ccccc2)C1=O. The van der Waals surface area contributed by atoms with Crippen LogP contribution in [0.5, 0.6) is 0 Å². The van der Waals surface area contributed by atoms with Gasteiger partial charge in [0, 0.05) is 24.9 Å². The molecule has 1 N–H and O–H groups in total. The summed E-state index contributed by atoms with van der Waals surface area (Å²) in [4.78, 5) is 41.5.